The Labute approximate surface area is 179 Å². The summed E-state index contributed by atoms with van der Waals surface area (Å²) in [7, 11) is 0. The van der Waals surface area contributed by atoms with Crippen molar-refractivity contribution in [2.24, 2.45) is 11.5 Å². The fourth-order valence-electron chi connectivity index (χ4n) is 2.66. The third-order valence-corrected chi connectivity index (χ3v) is 4.41. The number of nitrogens with zero attached hydrogens (tertiary/aromatic N) is 1. The summed E-state index contributed by atoms with van der Waals surface area (Å²) in [6.07, 6.45) is -2.47. The lowest BCUT2D eigenvalue weighted by molar-refractivity contribution is 0.0696. The van der Waals surface area contributed by atoms with E-state index in [1.807, 2.05) is 19.1 Å². The van der Waals surface area contributed by atoms with Crippen LogP contribution in [-0.2, 0) is 4.74 Å². The number of carbonyl (C=O) groups excluding carboxylic acids is 2. The molecule has 2 amide bonds. The lowest BCUT2D eigenvalue weighted by Gasteiger charge is -2.17. The number of hydrogen-bond acceptors (Lipinski definition) is 6. The van der Waals surface area contributed by atoms with Crippen molar-refractivity contribution < 1.29 is 32.3 Å². The van der Waals surface area contributed by atoms with Crippen LogP contribution in [0, 0.1) is 18.6 Å². The standard InChI is InChI=1S/C20H16ClF2N3O5/c1-9-2-4-10(5-3-9)16-17(21)31-19(26-16)13(8-29-20(25)28)30-12-7-6-11(22)14(15(12)23)18(24)27/h2-7,13H,8H2,1H3,(H2,24,27)(H2,25,28). The van der Waals surface area contributed by atoms with E-state index in [9.17, 15) is 18.4 Å². The van der Waals surface area contributed by atoms with Crippen LogP contribution in [0.3, 0.4) is 0 Å². The Morgan fingerprint density at radius 3 is 2.45 bits per heavy atom. The van der Waals surface area contributed by atoms with Gasteiger partial charge in [0.2, 0.25) is 17.2 Å². The first-order valence-electron chi connectivity index (χ1n) is 8.77. The molecule has 1 atom stereocenters. The SMILES string of the molecule is Cc1ccc(-c2nc(C(COC(N)=O)Oc3ccc(F)c(C(N)=O)c3F)oc2Cl)cc1. The largest absolute Gasteiger partial charge is 0.474 e. The minimum atomic E-state index is -1.34. The van der Waals surface area contributed by atoms with E-state index in [1.165, 1.54) is 0 Å². The summed E-state index contributed by atoms with van der Waals surface area (Å²) < 4.78 is 43.9. The van der Waals surface area contributed by atoms with Gasteiger partial charge in [-0.15, -0.1) is 0 Å². The summed E-state index contributed by atoms with van der Waals surface area (Å²) >= 11 is 6.15. The number of halogens is 3. The lowest BCUT2D eigenvalue weighted by Crippen LogP contribution is -2.22. The Bertz CT molecular complexity index is 1130. The highest BCUT2D eigenvalue weighted by Gasteiger charge is 2.27. The van der Waals surface area contributed by atoms with Crippen molar-refractivity contribution >= 4 is 23.6 Å². The molecule has 8 nitrogen and oxygen atoms in total. The van der Waals surface area contributed by atoms with Crippen LogP contribution in [0.5, 0.6) is 5.75 Å². The number of hydrogen-bond donors (Lipinski definition) is 2. The van der Waals surface area contributed by atoms with Crippen LogP contribution in [0.15, 0.2) is 40.8 Å². The van der Waals surface area contributed by atoms with Crippen LogP contribution in [0.2, 0.25) is 5.22 Å². The number of nitrogens with two attached hydrogens (primary N) is 2. The Morgan fingerprint density at radius 1 is 1.16 bits per heavy atom. The van der Waals surface area contributed by atoms with Gasteiger partial charge in [0, 0.05) is 5.56 Å². The van der Waals surface area contributed by atoms with E-state index in [0.29, 0.717) is 5.56 Å². The molecule has 11 heteroatoms. The molecule has 0 radical (unpaired) electrons. The first kappa shape index (κ1) is 22.0. The molecule has 4 N–H and O–H groups in total. The van der Waals surface area contributed by atoms with Gasteiger partial charge in [0.25, 0.3) is 5.91 Å². The minimum Gasteiger partial charge on any atom is -0.474 e. The molecule has 2 aromatic carbocycles. The molecule has 0 saturated carbocycles. The second kappa shape index (κ2) is 9.00. The summed E-state index contributed by atoms with van der Waals surface area (Å²) in [5.74, 6) is -4.56. The third-order valence-electron chi connectivity index (χ3n) is 4.15. The molecule has 162 valence electrons. The number of rotatable bonds is 7. The molecule has 0 aliphatic rings. The lowest BCUT2D eigenvalue weighted by atomic mass is 10.1. The molecule has 3 aromatic rings. The molecule has 0 fully saturated rings. The van der Waals surface area contributed by atoms with E-state index in [1.54, 1.807) is 12.1 Å². The van der Waals surface area contributed by atoms with Crippen molar-refractivity contribution in [1.82, 2.24) is 4.98 Å². The number of aryl methyl sites for hydroxylation is 1. The Balaban J connectivity index is 1.98. The predicted molar refractivity (Wildman–Crippen MR) is 105 cm³/mol. The fraction of sp³-hybridized carbons (Fsp3) is 0.150. The van der Waals surface area contributed by atoms with Gasteiger partial charge in [-0.05, 0) is 30.7 Å². The van der Waals surface area contributed by atoms with Crippen molar-refractivity contribution in [3.63, 3.8) is 0 Å². The van der Waals surface area contributed by atoms with Crippen LogP contribution in [0.4, 0.5) is 13.6 Å². The van der Waals surface area contributed by atoms with Crippen LogP contribution in [-0.4, -0.2) is 23.6 Å². The normalized spacial score (nSPS) is 11.7. The smallest absolute Gasteiger partial charge is 0.404 e. The van der Waals surface area contributed by atoms with E-state index < -0.39 is 47.7 Å². The molecule has 0 bridgehead atoms. The maximum absolute atomic E-state index is 14.6. The predicted octanol–water partition coefficient (Wildman–Crippen LogP) is 3.90. The minimum absolute atomic E-state index is 0.0936. The van der Waals surface area contributed by atoms with Crippen molar-refractivity contribution in [3.8, 4) is 17.0 Å². The van der Waals surface area contributed by atoms with Crippen molar-refractivity contribution in [2.45, 2.75) is 13.0 Å². The number of ether oxygens (including phenoxy) is 2. The van der Waals surface area contributed by atoms with Gasteiger partial charge in [0.1, 0.15) is 23.7 Å². The van der Waals surface area contributed by atoms with Crippen LogP contribution in [0.25, 0.3) is 11.3 Å². The Morgan fingerprint density at radius 2 is 1.84 bits per heavy atom. The first-order valence-corrected chi connectivity index (χ1v) is 9.15. The molecule has 0 saturated heterocycles. The molecule has 31 heavy (non-hydrogen) atoms. The van der Waals surface area contributed by atoms with Gasteiger partial charge in [-0.25, -0.2) is 18.6 Å². The van der Waals surface area contributed by atoms with Gasteiger partial charge in [0.05, 0.1) is 0 Å². The van der Waals surface area contributed by atoms with E-state index >= 15 is 0 Å². The van der Waals surface area contributed by atoms with Gasteiger partial charge < -0.3 is 25.4 Å². The van der Waals surface area contributed by atoms with Crippen molar-refractivity contribution in [3.05, 3.63) is 70.3 Å². The number of primary amides is 2. The molecule has 1 aromatic heterocycles. The zero-order chi connectivity index (χ0) is 22.7. The molecular weight excluding hydrogens is 436 g/mol. The highest BCUT2D eigenvalue weighted by molar-refractivity contribution is 6.31. The Hall–Kier alpha value is -3.66. The van der Waals surface area contributed by atoms with E-state index in [-0.39, 0.29) is 16.8 Å². The number of oxazole rings is 1. The summed E-state index contributed by atoms with van der Waals surface area (Å²) in [6.45, 7) is 1.37. The fourth-order valence-corrected chi connectivity index (χ4v) is 2.89. The number of aromatic nitrogens is 1. The molecule has 1 heterocycles. The topological polar surface area (TPSA) is 131 Å². The van der Waals surface area contributed by atoms with Crippen LogP contribution < -0.4 is 16.2 Å². The molecule has 0 spiro atoms. The van der Waals surface area contributed by atoms with Crippen molar-refractivity contribution in [1.29, 1.82) is 0 Å². The maximum atomic E-state index is 14.6. The highest BCUT2D eigenvalue weighted by atomic mass is 35.5. The average molecular weight is 452 g/mol. The molecule has 3 rings (SSSR count). The van der Waals surface area contributed by atoms with Crippen molar-refractivity contribution in [2.75, 3.05) is 6.61 Å². The van der Waals surface area contributed by atoms with Gasteiger partial charge in [-0.1, -0.05) is 29.8 Å². The highest BCUT2D eigenvalue weighted by Crippen LogP contribution is 2.33. The Kier molecular flexibility index (Phi) is 6.40. The molecule has 0 aliphatic heterocycles. The second-order valence-electron chi connectivity index (χ2n) is 6.38. The second-order valence-corrected chi connectivity index (χ2v) is 6.72. The van der Waals surface area contributed by atoms with Gasteiger partial charge in [0.15, 0.2) is 11.6 Å². The van der Waals surface area contributed by atoms with Gasteiger partial charge in [-0.2, -0.15) is 0 Å². The van der Waals surface area contributed by atoms with E-state index in [4.69, 9.17) is 37.0 Å². The van der Waals surface area contributed by atoms with Gasteiger partial charge in [-0.3, -0.25) is 4.79 Å². The van der Waals surface area contributed by atoms with Crippen LogP contribution in [0.1, 0.15) is 27.9 Å². The zero-order valence-corrected chi connectivity index (χ0v) is 16.8. The summed E-state index contributed by atoms with van der Waals surface area (Å²) in [5.41, 5.74) is 10.9. The van der Waals surface area contributed by atoms with E-state index in [0.717, 1.165) is 17.7 Å². The third kappa shape index (κ3) is 4.92. The number of benzene rings is 2. The molecule has 0 aliphatic carbocycles. The quantitative estimate of drug-likeness (QED) is 0.560. The summed E-state index contributed by atoms with van der Waals surface area (Å²) in [4.78, 5) is 26.6. The van der Waals surface area contributed by atoms with Crippen LogP contribution >= 0.6 is 11.6 Å². The monoisotopic (exact) mass is 451 g/mol. The first-order chi connectivity index (χ1) is 14.7. The average Bonchev–Trinajstić information content (AvgIpc) is 3.08. The zero-order valence-electron chi connectivity index (χ0n) is 16.0. The summed E-state index contributed by atoms with van der Waals surface area (Å²) in [5, 5.41) is -0.0936. The number of amides is 2. The molecule has 1 unspecified atom stereocenters. The maximum Gasteiger partial charge on any atom is 0.404 e. The summed E-state index contributed by atoms with van der Waals surface area (Å²) in [6, 6.07) is 8.92. The number of carbonyl (C=O) groups is 2. The molecular formula is C20H16ClF2N3O5. The van der Waals surface area contributed by atoms with Gasteiger partial charge >= 0.3 is 6.09 Å². The van der Waals surface area contributed by atoms with E-state index in [2.05, 4.69) is 4.98 Å².